The van der Waals surface area contributed by atoms with Gasteiger partial charge in [0, 0.05) is 0 Å². The van der Waals surface area contributed by atoms with Crippen LogP contribution < -0.4 is 5.73 Å². The first-order valence-electron chi connectivity index (χ1n) is 3.13. The Bertz CT molecular complexity index is 132. The molecule has 0 fully saturated rings. The average molecular weight is 201 g/mol. The van der Waals surface area contributed by atoms with Crippen molar-refractivity contribution in [1.29, 1.82) is 0 Å². The molecule has 0 heterocycles. The zero-order valence-electron chi connectivity index (χ0n) is 5.83. The first-order valence-corrected chi connectivity index (χ1v) is 3.81. The highest BCUT2D eigenvalue weighted by molar-refractivity contribution is 6.34. The van der Waals surface area contributed by atoms with Gasteiger partial charge in [0.05, 0.1) is 0 Å². The summed E-state index contributed by atoms with van der Waals surface area (Å²) >= 11 is 10.5. The molecule has 3 N–H and O–H groups in total. The van der Waals surface area contributed by atoms with Crippen LogP contribution in [0, 0.1) is 0 Å². The van der Waals surface area contributed by atoms with Crippen molar-refractivity contribution in [3.8, 4) is 0 Å². The minimum atomic E-state index is -1.04. The van der Waals surface area contributed by atoms with E-state index in [1.165, 1.54) is 0 Å². The maximum Gasteiger partial charge on any atom is 0.323 e. The smallest absolute Gasteiger partial charge is 0.323 e. The Morgan fingerprint density at radius 3 is 2.45 bits per heavy atom. The molecule has 0 aliphatic heterocycles. The molecule has 0 aromatic rings. The van der Waals surface area contributed by atoms with E-state index in [1.807, 2.05) is 0 Å². The van der Waals surface area contributed by atoms with E-state index in [4.69, 9.17) is 34.4 Å². The lowest BCUT2D eigenvalue weighted by Gasteiger charge is -2.13. The fourth-order valence-corrected chi connectivity index (χ4v) is 0.978. The van der Waals surface area contributed by atoms with Gasteiger partial charge in [-0.15, -0.1) is 3.94 Å². The van der Waals surface area contributed by atoms with Gasteiger partial charge >= 0.3 is 5.97 Å². The van der Waals surface area contributed by atoms with Crippen LogP contribution in [0.2, 0.25) is 0 Å². The molecule has 1 unspecified atom stereocenters. The van der Waals surface area contributed by atoms with E-state index in [1.54, 1.807) is 0 Å². The predicted molar refractivity (Wildman–Crippen MR) is 43.3 cm³/mol. The van der Waals surface area contributed by atoms with Crippen LogP contribution in [0.5, 0.6) is 0 Å². The van der Waals surface area contributed by atoms with Crippen LogP contribution in [0.4, 0.5) is 0 Å². The van der Waals surface area contributed by atoms with E-state index in [9.17, 15) is 4.79 Å². The van der Waals surface area contributed by atoms with Crippen LogP contribution >= 0.6 is 23.6 Å². The lowest BCUT2D eigenvalue weighted by molar-refractivity contribution is -0.140. The Kier molecular flexibility index (Phi) is 5.58. The fraction of sp³-hybridized carbons (Fsp3) is 0.800. The molecule has 0 rings (SSSR count). The molecule has 11 heavy (non-hydrogen) atoms. The molecule has 0 amide bonds. The van der Waals surface area contributed by atoms with Crippen molar-refractivity contribution in [2.24, 2.45) is 5.73 Å². The molecule has 0 bridgehead atoms. The Hall–Kier alpha value is -0.0300. The van der Waals surface area contributed by atoms with Gasteiger partial charge in [-0.1, -0.05) is 0 Å². The molecule has 0 aromatic heterocycles. The summed E-state index contributed by atoms with van der Waals surface area (Å²) in [6.07, 6.45) is 0.950. The second-order valence-corrected chi connectivity index (χ2v) is 2.95. The van der Waals surface area contributed by atoms with Crippen LogP contribution in [0.3, 0.4) is 0 Å². The summed E-state index contributed by atoms with van der Waals surface area (Å²) in [5.74, 6) is -1.04. The number of carboxylic acids is 1. The van der Waals surface area contributed by atoms with E-state index in [2.05, 4.69) is 0 Å². The van der Waals surface area contributed by atoms with Crippen molar-refractivity contribution in [3.05, 3.63) is 0 Å². The monoisotopic (exact) mass is 200 g/mol. The third-order valence-corrected chi connectivity index (χ3v) is 1.67. The second-order valence-electron chi connectivity index (χ2n) is 2.04. The maximum atomic E-state index is 10.4. The van der Waals surface area contributed by atoms with Crippen molar-refractivity contribution >= 4 is 29.5 Å². The Morgan fingerprint density at radius 2 is 2.18 bits per heavy atom. The molecule has 0 spiro atoms. The third kappa shape index (κ3) is 4.42. The minimum absolute atomic E-state index is 0.360. The molecule has 0 aliphatic carbocycles. The van der Waals surface area contributed by atoms with Crippen LogP contribution in [-0.4, -0.2) is 27.6 Å². The van der Waals surface area contributed by atoms with Gasteiger partial charge in [0.1, 0.15) is 6.04 Å². The van der Waals surface area contributed by atoms with E-state index in [0.29, 0.717) is 23.3 Å². The molecule has 4 nitrogen and oxygen atoms in total. The number of aliphatic carboxylic acids is 1. The summed E-state index contributed by atoms with van der Waals surface area (Å²) in [4.78, 5) is 10.4. The summed E-state index contributed by atoms with van der Waals surface area (Å²) in [7, 11) is 0. The van der Waals surface area contributed by atoms with E-state index in [0.717, 1.165) is 0 Å². The van der Waals surface area contributed by atoms with Crippen LogP contribution in [0.25, 0.3) is 0 Å². The van der Waals surface area contributed by atoms with E-state index >= 15 is 0 Å². The van der Waals surface area contributed by atoms with Gasteiger partial charge in [-0.3, -0.25) is 4.79 Å². The highest BCUT2D eigenvalue weighted by Gasteiger charge is 2.22. The summed E-state index contributed by atoms with van der Waals surface area (Å²) < 4.78 is 0.637. The number of rotatable bonds is 5. The third-order valence-electron chi connectivity index (χ3n) is 1.20. The van der Waals surface area contributed by atoms with Gasteiger partial charge in [-0.2, -0.15) is 0 Å². The van der Waals surface area contributed by atoms with Crippen molar-refractivity contribution in [2.75, 3.05) is 6.54 Å². The van der Waals surface area contributed by atoms with Gasteiger partial charge in [0.25, 0.3) is 0 Å². The predicted octanol–water partition coefficient (Wildman–Crippen LogP) is 0.788. The molecular weight excluding hydrogens is 191 g/mol. The number of nitrogens with zero attached hydrogens (tertiary/aromatic N) is 1. The first kappa shape index (κ1) is 11.0. The summed E-state index contributed by atoms with van der Waals surface area (Å²) in [5.41, 5.74) is 5.18. The van der Waals surface area contributed by atoms with Gasteiger partial charge < -0.3 is 10.8 Å². The molecule has 0 aromatic carbocycles. The van der Waals surface area contributed by atoms with Crippen molar-refractivity contribution in [3.63, 3.8) is 0 Å². The molecule has 0 saturated carbocycles. The average Bonchev–Trinajstić information content (AvgIpc) is 1.87. The summed E-state index contributed by atoms with van der Waals surface area (Å²) in [6.45, 7) is 0.436. The molecule has 66 valence electrons. The molecule has 1 atom stereocenters. The van der Waals surface area contributed by atoms with Crippen LogP contribution in [0.1, 0.15) is 12.8 Å². The van der Waals surface area contributed by atoms with E-state index in [-0.39, 0.29) is 0 Å². The maximum absolute atomic E-state index is 10.4. The molecule has 0 saturated heterocycles. The molecule has 0 radical (unpaired) electrons. The molecule has 0 aliphatic rings. The number of hydrogen-bond acceptors (Lipinski definition) is 3. The van der Waals surface area contributed by atoms with Gasteiger partial charge in [0.15, 0.2) is 0 Å². The normalized spacial score (nSPS) is 13.5. The molecule has 6 heteroatoms. The molecular formula is C5H10Cl2N2O2. The second kappa shape index (κ2) is 5.60. The van der Waals surface area contributed by atoms with E-state index < -0.39 is 12.0 Å². The Morgan fingerprint density at radius 1 is 1.64 bits per heavy atom. The number of hydrogen-bond donors (Lipinski definition) is 2. The fourth-order valence-electron chi connectivity index (χ4n) is 0.616. The largest absolute Gasteiger partial charge is 0.480 e. The van der Waals surface area contributed by atoms with Gasteiger partial charge in [-0.05, 0) is 42.9 Å². The van der Waals surface area contributed by atoms with Crippen LogP contribution in [0.15, 0.2) is 0 Å². The first-order chi connectivity index (χ1) is 5.09. The topological polar surface area (TPSA) is 66.6 Å². The Labute approximate surface area is 75.1 Å². The lowest BCUT2D eigenvalue weighted by Crippen LogP contribution is -2.29. The van der Waals surface area contributed by atoms with Crippen molar-refractivity contribution < 1.29 is 9.90 Å². The minimum Gasteiger partial charge on any atom is -0.480 e. The highest BCUT2D eigenvalue weighted by Crippen LogP contribution is 2.12. The number of halogens is 2. The lowest BCUT2D eigenvalue weighted by atomic mass is 10.2. The standard InChI is InChI=1S/C5H10Cl2N2O2/c6-9(7)4(5(10)11)2-1-3-8/h4H,1-3,8H2,(H,10,11). The van der Waals surface area contributed by atoms with Crippen LogP contribution in [-0.2, 0) is 4.79 Å². The van der Waals surface area contributed by atoms with Crippen molar-refractivity contribution in [1.82, 2.24) is 3.94 Å². The SMILES string of the molecule is NCCCC(C(=O)O)N(Cl)Cl. The number of carboxylic acid groups (broad SMARTS) is 1. The highest BCUT2D eigenvalue weighted by atomic mass is 35.5. The summed E-state index contributed by atoms with van der Waals surface area (Å²) in [5, 5.41) is 8.52. The van der Waals surface area contributed by atoms with Crippen molar-refractivity contribution in [2.45, 2.75) is 18.9 Å². The summed E-state index contributed by atoms with van der Waals surface area (Å²) in [6, 6.07) is -0.859. The zero-order chi connectivity index (χ0) is 8.85. The Balaban J connectivity index is 3.80. The quantitative estimate of drug-likeness (QED) is 0.645. The number of carbonyl (C=O) groups is 1. The zero-order valence-corrected chi connectivity index (χ0v) is 7.35. The number of nitrogens with two attached hydrogens (primary N) is 1. The van der Waals surface area contributed by atoms with Gasteiger partial charge in [0.2, 0.25) is 0 Å². The van der Waals surface area contributed by atoms with Gasteiger partial charge in [-0.25, -0.2) is 0 Å².